The van der Waals surface area contributed by atoms with Gasteiger partial charge in [0.05, 0.1) is 25.3 Å². The van der Waals surface area contributed by atoms with Crippen LogP contribution in [0, 0.1) is 0 Å². The predicted octanol–water partition coefficient (Wildman–Crippen LogP) is 3.06. The Morgan fingerprint density at radius 1 is 1.39 bits per heavy atom. The normalized spacial score (nSPS) is 24.1. The van der Waals surface area contributed by atoms with Crippen molar-refractivity contribution < 1.29 is 14.6 Å². The molecule has 2 saturated heterocycles. The second-order valence-electron chi connectivity index (χ2n) is 7.26. The summed E-state index contributed by atoms with van der Waals surface area (Å²) in [5.41, 5.74) is 1.57. The highest BCUT2D eigenvalue weighted by Crippen LogP contribution is 2.32. The lowest BCUT2D eigenvalue weighted by atomic mass is 10.0. The molecule has 2 fully saturated rings. The maximum atomic E-state index is 12.6. The number of allylic oxidation sites excluding steroid dienone is 4. The summed E-state index contributed by atoms with van der Waals surface area (Å²) in [6, 6.07) is 9.88. The van der Waals surface area contributed by atoms with Gasteiger partial charge in [0.15, 0.2) is 5.78 Å². The van der Waals surface area contributed by atoms with Crippen molar-refractivity contribution in [3.63, 3.8) is 0 Å². The highest BCUT2D eigenvalue weighted by molar-refractivity contribution is 5.99. The predicted molar refractivity (Wildman–Crippen MR) is 111 cm³/mol. The van der Waals surface area contributed by atoms with Crippen LogP contribution >= 0.6 is 0 Å². The van der Waals surface area contributed by atoms with E-state index in [1.165, 1.54) is 0 Å². The van der Waals surface area contributed by atoms with Gasteiger partial charge in [-0.05, 0) is 18.4 Å². The molecule has 3 atom stereocenters. The molecule has 0 spiro atoms. The van der Waals surface area contributed by atoms with Crippen LogP contribution in [0.2, 0.25) is 0 Å². The van der Waals surface area contributed by atoms with Crippen molar-refractivity contribution in [3.8, 4) is 0 Å². The number of rotatable bonds is 10. The van der Waals surface area contributed by atoms with Gasteiger partial charge in [-0.1, -0.05) is 68.1 Å². The Hall–Kier alpha value is -2.05. The van der Waals surface area contributed by atoms with Crippen molar-refractivity contribution in [1.29, 1.82) is 0 Å². The van der Waals surface area contributed by atoms with Crippen LogP contribution in [-0.4, -0.2) is 59.3 Å². The molecule has 0 amide bonds. The highest BCUT2D eigenvalue weighted by Gasteiger charge is 2.47. The number of benzene rings is 1. The maximum absolute atomic E-state index is 12.6. The van der Waals surface area contributed by atoms with Gasteiger partial charge < -0.3 is 9.84 Å². The first-order chi connectivity index (χ1) is 13.6. The third-order valence-electron chi connectivity index (χ3n) is 5.36. The van der Waals surface area contributed by atoms with E-state index in [0.29, 0.717) is 24.8 Å². The van der Waals surface area contributed by atoms with Crippen LogP contribution in [0.5, 0.6) is 0 Å². The second-order valence-corrected chi connectivity index (χ2v) is 7.26. The van der Waals surface area contributed by atoms with E-state index in [9.17, 15) is 9.90 Å². The van der Waals surface area contributed by atoms with Gasteiger partial charge in [0, 0.05) is 18.7 Å². The van der Waals surface area contributed by atoms with E-state index in [1.807, 2.05) is 49.4 Å². The van der Waals surface area contributed by atoms with Crippen molar-refractivity contribution in [2.45, 2.75) is 38.0 Å². The van der Waals surface area contributed by atoms with Gasteiger partial charge in [0.1, 0.15) is 6.10 Å². The van der Waals surface area contributed by atoms with Crippen molar-refractivity contribution in [2.24, 2.45) is 0 Å². The second kappa shape index (κ2) is 9.94. The molecule has 5 heteroatoms. The van der Waals surface area contributed by atoms with Crippen molar-refractivity contribution in [2.75, 3.05) is 26.2 Å². The lowest BCUT2D eigenvalue weighted by molar-refractivity contribution is -0.172. The largest absolute Gasteiger partial charge is 0.386 e. The number of hydrogen-bond donors (Lipinski definition) is 1. The topological polar surface area (TPSA) is 53.0 Å². The minimum atomic E-state index is -0.605. The molecule has 5 nitrogen and oxygen atoms in total. The molecule has 0 aliphatic carbocycles. The fraction of sp³-hybridized carbons (Fsp3) is 0.435. The highest BCUT2D eigenvalue weighted by atomic mass is 16.5. The Labute approximate surface area is 167 Å². The molecule has 3 rings (SSSR count). The minimum absolute atomic E-state index is 0.106. The third kappa shape index (κ3) is 4.86. The van der Waals surface area contributed by atoms with Crippen molar-refractivity contribution in [3.05, 3.63) is 72.4 Å². The summed E-state index contributed by atoms with van der Waals surface area (Å²) < 4.78 is 5.96. The molecule has 2 heterocycles. The maximum Gasteiger partial charge on any atom is 0.178 e. The van der Waals surface area contributed by atoms with Gasteiger partial charge in [0.25, 0.3) is 0 Å². The molecular formula is C23H30N2O3. The van der Waals surface area contributed by atoms with E-state index >= 15 is 0 Å². The van der Waals surface area contributed by atoms with Crippen molar-refractivity contribution >= 4 is 5.78 Å². The molecule has 1 aromatic carbocycles. The first-order valence-electron chi connectivity index (χ1n) is 10.0. The van der Waals surface area contributed by atoms with Gasteiger partial charge in [-0.3, -0.25) is 4.79 Å². The Morgan fingerprint density at radius 3 is 2.89 bits per heavy atom. The fourth-order valence-corrected chi connectivity index (χ4v) is 3.76. The third-order valence-corrected chi connectivity index (χ3v) is 5.36. The van der Waals surface area contributed by atoms with E-state index in [1.54, 1.807) is 12.2 Å². The Kier molecular flexibility index (Phi) is 7.34. The zero-order valence-corrected chi connectivity index (χ0v) is 16.5. The van der Waals surface area contributed by atoms with E-state index < -0.39 is 6.10 Å². The number of nitrogens with zero attached hydrogens (tertiary/aromatic N) is 2. The van der Waals surface area contributed by atoms with Gasteiger partial charge in [0.2, 0.25) is 0 Å². The monoisotopic (exact) mass is 382 g/mol. The van der Waals surface area contributed by atoms with Crippen LogP contribution < -0.4 is 0 Å². The van der Waals surface area contributed by atoms with Gasteiger partial charge in [-0.15, -0.1) is 0 Å². The fourth-order valence-electron chi connectivity index (χ4n) is 3.76. The number of ether oxygens (including phenoxy) is 1. The average Bonchev–Trinajstić information content (AvgIpc) is 3.01. The molecule has 28 heavy (non-hydrogen) atoms. The van der Waals surface area contributed by atoms with Crippen LogP contribution in [0.1, 0.15) is 31.4 Å². The molecule has 150 valence electrons. The summed E-state index contributed by atoms with van der Waals surface area (Å²) in [7, 11) is 0. The summed E-state index contributed by atoms with van der Waals surface area (Å²) >= 11 is 0. The molecule has 2 aliphatic heterocycles. The summed E-state index contributed by atoms with van der Waals surface area (Å²) in [5.74, 6) is 0.106. The first-order valence-corrected chi connectivity index (χ1v) is 10.0. The van der Waals surface area contributed by atoms with Crippen LogP contribution in [0.3, 0.4) is 0 Å². The van der Waals surface area contributed by atoms with Crippen molar-refractivity contribution in [1.82, 2.24) is 10.0 Å². The minimum Gasteiger partial charge on any atom is -0.386 e. The Bertz CT molecular complexity index is 729. The number of carbonyl (C=O) groups excluding carboxylic acids is 1. The first kappa shape index (κ1) is 20.7. The van der Waals surface area contributed by atoms with Crippen LogP contribution in [0.25, 0.3) is 0 Å². The lowest BCUT2D eigenvalue weighted by Crippen LogP contribution is -2.62. The summed E-state index contributed by atoms with van der Waals surface area (Å²) in [6.45, 7) is 8.05. The zero-order chi connectivity index (χ0) is 19.9. The number of aliphatic hydroxyl groups is 1. The number of aliphatic hydroxyl groups excluding tert-OH is 1. The van der Waals surface area contributed by atoms with Gasteiger partial charge >= 0.3 is 0 Å². The molecular weight excluding hydrogens is 352 g/mol. The van der Waals surface area contributed by atoms with Crippen LogP contribution in [-0.2, 0) is 9.53 Å². The van der Waals surface area contributed by atoms with E-state index in [4.69, 9.17) is 4.74 Å². The van der Waals surface area contributed by atoms with Gasteiger partial charge in [-0.25, -0.2) is 10.0 Å². The number of fused-ring (bicyclic) bond motifs is 1. The summed E-state index contributed by atoms with van der Waals surface area (Å²) in [4.78, 5) is 12.6. The Morgan fingerprint density at radius 2 is 2.18 bits per heavy atom. The number of carbonyl (C=O) groups is 1. The van der Waals surface area contributed by atoms with E-state index in [0.717, 1.165) is 31.5 Å². The van der Waals surface area contributed by atoms with E-state index in [2.05, 4.69) is 16.6 Å². The number of hydrogen-bond acceptors (Lipinski definition) is 5. The molecule has 1 aromatic rings. The standard InChI is InChI=1S/C23H30N2O3/c1-3-5-10-18(9-4-2)21(26)15-24-14-13-20-23(16-25(20)24)28-17-22(27)19-11-7-6-8-12-19/h4-12,20,22-23,27H,2-3,13-17H2,1H3/b10-5-,18-9+/t20?,22-,23-/m0/s1. The van der Waals surface area contributed by atoms with Crippen LogP contribution in [0.15, 0.2) is 66.8 Å². The van der Waals surface area contributed by atoms with Crippen LogP contribution in [0.4, 0.5) is 0 Å². The Balaban J connectivity index is 1.47. The smallest absolute Gasteiger partial charge is 0.178 e. The molecule has 1 unspecified atom stereocenters. The molecule has 2 aliphatic rings. The summed E-state index contributed by atoms with van der Waals surface area (Å²) in [6.07, 6.45) is 8.68. The molecule has 0 radical (unpaired) electrons. The quantitative estimate of drug-likeness (QED) is 0.498. The molecule has 0 aromatic heterocycles. The zero-order valence-electron chi connectivity index (χ0n) is 16.5. The van der Waals surface area contributed by atoms with E-state index in [-0.39, 0.29) is 11.9 Å². The lowest BCUT2D eigenvalue weighted by Gasteiger charge is -2.46. The number of hydrazine groups is 1. The average molecular weight is 383 g/mol. The number of Topliss-reactive ketones (excluding diaryl/α,β-unsaturated/α-hetero) is 1. The summed E-state index contributed by atoms with van der Waals surface area (Å²) in [5, 5.41) is 14.6. The molecule has 0 bridgehead atoms. The molecule has 0 saturated carbocycles. The number of ketones is 1. The molecule has 1 N–H and O–H groups in total. The van der Waals surface area contributed by atoms with Gasteiger partial charge in [-0.2, -0.15) is 0 Å². The SMILES string of the molecule is C=C/C=C(\C=C/CC)C(=O)CN1CCC2[C@@H](OC[C@H](O)c3ccccc3)CN21.